The molecule has 1 amide bonds. The molecule has 4 rings (SSSR count). The highest BCUT2D eigenvalue weighted by molar-refractivity contribution is 7.99. The van der Waals surface area contributed by atoms with Gasteiger partial charge in [-0.2, -0.15) is 4.68 Å². The van der Waals surface area contributed by atoms with Gasteiger partial charge in [0.05, 0.1) is 17.0 Å². The van der Waals surface area contributed by atoms with Gasteiger partial charge in [-0.1, -0.05) is 11.8 Å². The number of nitrogens with one attached hydrogen (secondary N) is 1. The number of aromatic carboxylic acids is 1. The Morgan fingerprint density at radius 2 is 1.94 bits per heavy atom. The number of carbonyl (C=O) groups is 2. The number of aryl methyl sites for hydroxylation is 1. The first-order chi connectivity index (χ1) is 15.7. The molecule has 9 nitrogen and oxygen atoms in total. The van der Waals surface area contributed by atoms with E-state index in [0.29, 0.717) is 17.1 Å². The molecule has 0 unspecified atom stereocenters. The van der Waals surface area contributed by atoms with Gasteiger partial charge in [-0.25, -0.2) is 4.79 Å². The van der Waals surface area contributed by atoms with Crippen LogP contribution in [-0.4, -0.2) is 49.3 Å². The summed E-state index contributed by atoms with van der Waals surface area (Å²) in [4.78, 5) is 25.2. The standard InChI is InChI=1S/C19H16F3N5O4S2/c20-19(21,22)31-11-7-5-10(6-8-11)27-18(24-25-26-27)32-9-14(28)23-16-15(17(29)30)12-3-1-2-4-13(12)33-16/h5-8H,1-4,9H2,(H,23,28)(H,29,30). The predicted octanol–water partition coefficient (Wildman–Crippen LogP) is 3.93. The summed E-state index contributed by atoms with van der Waals surface area (Å²) in [5.74, 6) is -1.98. The van der Waals surface area contributed by atoms with Gasteiger partial charge in [0.2, 0.25) is 11.1 Å². The SMILES string of the molecule is O=C(CSc1nnnn1-c1ccc(OC(F)(F)F)cc1)Nc1sc2c(c1C(=O)O)CCCC2. The maximum Gasteiger partial charge on any atom is 0.573 e. The predicted molar refractivity (Wildman–Crippen MR) is 113 cm³/mol. The van der Waals surface area contributed by atoms with Crippen LogP contribution in [0, 0.1) is 0 Å². The van der Waals surface area contributed by atoms with Gasteiger partial charge in [0.1, 0.15) is 10.8 Å². The van der Waals surface area contributed by atoms with Crippen molar-refractivity contribution < 1.29 is 32.6 Å². The number of fused-ring (bicyclic) bond motifs is 1. The minimum absolute atomic E-state index is 0.0999. The molecule has 0 saturated carbocycles. The zero-order valence-corrected chi connectivity index (χ0v) is 18.4. The number of amides is 1. The number of rotatable bonds is 7. The van der Waals surface area contributed by atoms with E-state index in [1.165, 1.54) is 28.2 Å². The third-order valence-electron chi connectivity index (χ3n) is 4.73. The zero-order chi connectivity index (χ0) is 23.6. The molecule has 0 radical (unpaired) electrons. The van der Waals surface area contributed by atoms with Gasteiger partial charge < -0.3 is 15.2 Å². The second-order valence-electron chi connectivity index (χ2n) is 6.97. The number of benzene rings is 1. The lowest BCUT2D eigenvalue weighted by atomic mass is 9.95. The Bertz CT molecular complexity index is 1180. The fourth-order valence-corrected chi connectivity index (χ4v) is 5.38. The summed E-state index contributed by atoms with van der Waals surface area (Å²) in [6.45, 7) is 0. The number of thioether (sulfide) groups is 1. The van der Waals surface area contributed by atoms with E-state index >= 15 is 0 Å². The maximum atomic E-state index is 12.5. The lowest BCUT2D eigenvalue weighted by molar-refractivity contribution is -0.274. The van der Waals surface area contributed by atoms with Gasteiger partial charge in [0, 0.05) is 4.88 Å². The Morgan fingerprint density at radius 3 is 2.64 bits per heavy atom. The van der Waals surface area contributed by atoms with E-state index in [-0.39, 0.29) is 22.2 Å². The van der Waals surface area contributed by atoms with Crippen molar-refractivity contribution in [1.29, 1.82) is 0 Å². The molecule has 0 spiro atoms. The molecule has 0 fully saturated rings. The second-order valence-corrected chi connectivity index (χ2v) is 9.02. The molecule has 3 aromatic rings. The van der Waals surface area contributed by atoms with Crippen LogP contribution in [0.1, 0.15) is 33.6 Å². The number of aromatic nitrogens is 4. The minimum atomic E-state index is -4.80. The number of carboxylic acid groups (broad SMARTS) is 1. The maximum absolute atomic E-state index is 12.5. The number of carbonyl (C=O) groups excluding carboxylic acids is 1. The summed E-state index contributed by atoms with van der Waals surface area (Å²) in [5, 5.41) is 24.0. The molecule has 2 N–H and O–H groups in total. The first-order valence-electron chi connectivity index (χ1n) is 9.66. The number of nitrogens with zero attached hydrogens (tertiary/aromatic N) is 4. The molecule has 14 heteroatoms. The van der Waals surface area contributed by atoms with E-state index in [0.717, 1.165) is 53.6 Å². The number of carboxylic acids is 1. The normalized spacial score (nSPS) is 13.4. The molecule has 1 aromatic carbocycles. The molecule has 174 valence electrons. The fourth-order valence-electron chi connectivity index (χ4n) is 3.39. The number of hydrogen-bond donors (Lipinski definition) is 2. The first-order valence-corrected chi connectivity index (χ1v) is 11.5. The Labute approximate surface area is 192 Å². The lowest BCUT2D eigenvalue weighted by Gasteiger charge is -2.10. The van der Waals surface area contributed by atoms with Crippen molar-refractivity contribution in [1.82, 2.24) is 20.2 Å². The number of alkyl halides is 3. The van der Waals surface area contributed by atoms with Gasteiger partial charge in [-0.15, -0.1) is 29.6 Å². The average molecular weight is 499 g/mol. The molecule has 33 heavy (non-hydrogen) atoms. The molecule has 2 aromatic heterocycles. The van der Waals surface area contributed by atoms with Gasteiger partial charge in [0.25, 0.3) is 0 Å². The van der Waals surface area contributed by atoms with Gasteiger partial charge in [-0.3, -0.25) is 4.79 Å². The topological polar surface area (TPSA) is 119 Å². The fraction of sp³-hybridized carbons (Fsp3) is 0.316. The van der Waals surface area contributed by atoms with Crippen molar-refractivity contribution in [3.8, 4) is 11.4 Å². The quantitative estimate of drug-likeness (QED) is 0.470. The number of hydrogen-bond acceptors (Lipinski definition) is 8. The summed E-state index contributed by atoms with van der Waals surface area (Å²) in [7, 11) is 0. The van der Waals surface area contributed by atoms with Crippen LogP contribution in [0.15, 0.2) is 29.4 Å². The summed E-state index contributed by atoms with van der Waals surface area (Å²) in [5.41, 5.74) is 1.32. The van der Waals surface area contributed by atoms with Crippen molar-refractivity contribution in [2.45, 2.75) is 37.2 Å². The Kier molecular flexibility index (Phi) is 6.56. The molecule has 1 aliphatic rings. The van der Waals surface area contributed by atoms with Crippen molar-refractivity contribution in [3.63, 3.8) is 0 Å². The monoisotopic (exact) mass is 499 g/mol. The average Bonchev–Trinajstić information content (AvgIpc) is 3.35. The number of thiophene rings is 1. The van der Waals surface area contributed by atoms with Crippen molar-refractivity contribution >= 4 is 40.0 Å². The highest BCUT2D eigenvalue weighted by Gasteiger charge is 2.31. The van der Waals surface area contributed by atoms with Crippen LogP contribution in [-0.2, 0) is 17.6 Å². The van der Waals surface area contributed by atoms with Crippen molar-refractivity contribution in [2.75, 3.05) is 11.1 Å². The van der Waals surface area contributed by atoms with E-state index in [1.807, 2.05) is 0 Å². The third-order valence-corrected chi connectivity index (χ3v) is 6.85. The number of tetrazole rings is 1. The highest BCUT2D eigenvalue weighted by atomic mass is 32.2. The number of halogens is 3. The Hall–Kier alpha value is -3.13. The second kappa shape index (κ2) is 9.39. The van der Waals surface area contributed by atoms with E-state index in [4.69, 9.17) is 0 Å². The summed E-state index contributed by atoms with van der Waals surface area (Å²) in [6, 6.07) is 4.93. The van der Waals surface area contributed by atoms with E-state index in [1.54, 1.807) is 0 Å². The molecule has 0 aliphatic heterocycles. The van der Waals surface area contributed by atoms with Crippen LogP contribution in [0.4, 0.5) is 18.2 Å². The summed E-state index contributed by atoms with van der Waals surface area (Å²) < 4.78 is 42.0. The summed E-state index contributed by atoms with van der Waals surface area (Å²) in [6.07, 6.45) is -1.42. The number of anilines is 1. The molecule has 0 atom stereocenters. The minimum Gasteiger partial charge on any atom is -0.478 e. The van der Waals surface area contributed by atoms with E-state index in [9.17, 15) is 27.9 Å². The van der Waals surface area contributed by atoms with Crippen LogP contribution in [0.5, 0.6) is 5.75 Å². The van der Waals surface area contributed by atoms with Crippen LogP contribution in [0.3, 0.4) is 0 Å². The van der Waals surface area contributed by atoms with Crippen LogP contribution < -0.4 is 10.1 Å². The largest absolute Gasteiger partial charge is 0.573 e. The molecule has 0 bridgehead atoms. The Morgan fingerprint density at radius 1 is 1.21 bits per heavy atom. The van der Waals surface area contributed by atoms with E-state index < -0.39 is 18.2 Å². The number of ether oxygens (including phenoxy) is 1. The van der Waals surface area contributed by atoms with Gasteiger partial charge >= 0.3 is 12.3 Å². The zero-order valence-electron chi connectivity index (χ0n) is 16.8. The van der Waals surface area contributed by atoms with Crippen molar-refractivity contribution in [3.05, 3.63) is 40.3 Å². The lowest BCUT2D eigenvalue weighted by Crippen LogP contribution is -2.17. The van der Waals surface area contributed by atoms with Gasteiger partial charge in [0.15, 0.2) is 0 Å². The van der Waals surface area contributed by atoms with Crippen molar-refractivity contribution in [2.24, 2.45) is 0 Å². The highest BCUT2D eigenvalue weighted by Crippen LogP contribution is 2.38. The molecule has 0 saturated heterocycles. The first kappa shape index (κ1) is 23.0. The molecular formula is C19H16F3N5O4S2. The van der Waals surface area contributed by atoms with Crippen LogP contribution >= 0.6 is 23.1 Å². The molecule has 1 aliphatic carbocycles. The van der Waals surface area contributed by atoms with E-state index in [2.05, 4.69) is 25.6 Å². The molecular weight excluding hydrogens is 483 g/mol. The molecule has 2 heterocycles. The Balaban J connectivity index is 1.42. The van der Waals surface area contributed by atoms with Crippen LogP contribution in [0.25, 0.3) is 5.69 Å². The summed E-state index contributed by atoms with van der Waals surface area (Å²) >= 11 is 2.29. The van der Waals surface area contributed by atoms with Gasteiger partial charge in [-0.05, 0) is 65.9 Å². The third kappa shape index (κ3) is 5.45. The van der Waals surface area contributed by atoms with Crippen LogP contribution in [0.2, 0.25) is 0 Å². The smallest absolute Gasteiger partial charge is 0.478 e.